The number of benzene rings is 1. The molecule has 0 unspecified atom stereocenters. The van der Waals surface area contributed by atoms with Crippen molar-refractivity contribution < 1.29 is 4.79 Å². The van der Waals surface area contributed by atoms with Crippen LogP contribution in [0, 0.1) is 0 Å². The molecule has 1 saturated carbocycles. The molecule has 1 N–H and O–H groups in total. The Balaban J connectivity index is 1.86. The molecule has 1 aliphatic heterocycles. The predicted molar refractivity (Wildman–Crippen MR) is 67.3 cm³/mol. The van der Waals surface area contributed by atoms with Crippen molar-refractivity contribution in [2.75, 3.05) is 19.6 Å². The molecule has 1 saturated heterocycles. The first kappa shape index (κ1) is 11.1. The fourth-order valence-electron chi connectivity index (χ4n) is 2.53. The highest BCUT2D eigenvalue weighted by Crippen LogP contribution is 2.42. The fourth-order valence-corrected chi connectivity index (χ4v) is 2.72. The second-order valence-corrected chi connectivity index (χ2v) is 5.30. The third-order valence-electron chi connectivity index (χ3n) is 3.68. The highest BCUT2D eigenvalue weighted by atomic mass is 35.5. The van der Waals surface area contributed by atoms with Crippen LogP contribution in [-0.4, -0.2) is 36.0 Å². The van der Waals surface area contributed by atoms with Gasteiger partial charge in [0.1, 0.15) is 0 Å². The number of amides is 1. The van der Waals surface area contributed by atoms with E-state index in [-0.39, 0.29) is 11.4 Å². The summed E-state index contributed by atoms with van der Waals surface area (Å²) in [4.78, 5) is 14.5. The largest absolute Gasteiger partial charge is 0.330 e. The molecule has 0 radical (unpaired) electrons. The summed E-state index contributed by atoms with van der Waals surface area (Å²) in [6, 6.07) is 7.22. The van der Waals surface area contributed by atoms with Gasteiger partial charge in [0.25, 0.3) is 5.91 Å². The van der Waals surface area contributed by atoms with Crippen LogP contribution < -0.4 is 5.32 Å². The first-order valence-electron chi connectivity index (χ1n) is 6.00. The molecule has 0 bridgehead atoms. The molecule has 2 fully saturated rings. The number of nitrogens with one attached hydrogen (secondary N) is 1. The van der Waals surface area contributed by atoms with Crippen LogP contribution in [0.1, 0.15) is 23.2 Å². The van der Waals surface area contributed by atoms with Crippen LogP contribution in [0.2, 0.25) is 5.02 Å². The van der Waals surface area contributed by atoms with Crippen molar-refractivity contribution in [3.05, 3.63) is 34.9 Å². The van der Waals surface area contributed by atoms with Gasteiger partial charge in [-0.25, -0.2) is 0 Å². The Hall–Kier alpha value is -1.06. The summed E-state index contributed by atoms with van der Waals surface area (Å²) in [5, 5.41) is 3.99. The number of hydrogen-bond acceptors (Lipinski definition) is 2. The first-order chi connectivity index (χ1) is 8.21. The Labute approximate surface area is 106 Å². The Bertz CT molecular complexity index is 456. The van der Waals surface area contributed by atoms with E-state index in [0.717, 1.165) is 32.5 Å². The molecule has 3 nitrogen and oxygen atoms in total. The van der Waals surface area contributed by atoms with Crippen LogP contribution in [0.4, 0.5) is 0 Å². The molecule has 1 spiro atoms. The van der Waals surface area contributed by atoms with Crippen LogP contribution in [0.25, 0.3) is 0 Å². The number of carbonyl (C=O) groups is 1. The highest BCUT2D eigenvalue weighted by Gasteiger charge is 2.51. The molecule has 17 heavy (non-hydrogen) atoms. The molecule has 1 aliphatic carbocycles. The van der Waals surface area contributed by atoms with Crippen LogP contribution in [-0.2, 0) is 0 Å². The molecular formula is C13H15ClN2O. The second-order valence-electron chi connectivity index (χ2n) is 4.87. The number of carbonyl (C=O) groups excluding carboxylic acids is 1. The normalized spacial score (nSPS) is 21.6. The van der Waals surface area contributed by atoms with E-state index in [2.05, 4.69) is 5.32 Å². The maximum Gasteiger partial charge on any atom is 0.254 e. The van der Waals surface area contributed by atoms with Crippen LogP contribution >= 0.6 is 11.6 Å². The summed E-state index contributed by atoms with van der Waals surface area (Å²) in [6.07, 6.45) is 2.23. The quantitative estimate of drug-likeness (QED) is 0.826. The molecule has 90 valence electrons. The summed E-state index contributed by atoms with van der Waals surface area (Å²) in [5.41, 5.74) is 0.795. The summed E-state index contributed by atoms with van der Waals surface area (Å²) in [7, 11) is 0. The number of halogens is 1. The molecular weight excluding hydrogens is 236 g/mol. The van der Waals surface area contributed by atoms with Crippen LogP contribution in [0.3, 0.4) is 0 Å². The molecule has 0 atom stereocenters. The van der Waals surface area contributed by atoms with Crippen molar-refractivity contribution in [2.45, 2.75) is 18.4 Å². The van der Waals surface area contributed by atoms with Gasteiger partial charge < -0.3 is 10.2 Å². The topological polar surface area (TPSA) is 32.3 Å². The zero-order chi connectivity index (χ0) is 11.9. The average Bonchev–Trinajstić information content (AvgIpc) is 3.09. The zero-order valence-corrected chi connectivity index (χ0v) is 10.3. The van der Waals surface area contributed by atoms with Gasteiger partial charge in [-0.1, -0.05) is 17.7 Å². The third-order valence-corrected chi connectivity index (χ3v) is 3.92. The lowest BCUT2D eigenvalue weighted by Gasteiger charge is -2.36. The standard InChI is InChI=1S/C13H15ClN2O/c14-11-3-1-2-10(8-11)12(17)16-7-6-15-9-13(16)4-5-13/h1-3,8,15H,4-7,9H2. The summed E-state index contributed by atoms with van der Waals surface area (Å²) in [6.45, 7) is 2.61. The monoisotopic (exact) mass is 250 g/mol. The fraction of sp³-hybridized carbons (Fsp3) is 0.462. The Kier molecular flexibility index (Phi) is 2.60. The molecule has 2 aliphatic rings. The van der Waals surface area contributed by atoms with Crippen LogP contribution in [0.5, 0.6) is 0 Å². The van der Waals surface area contributed by atoms with Gasteiger partial charge in [0.2, 0.25) is 0 Å². The van der Waals surface area contributed by atoms with Gasteiger partial charge in [-0.15, -0.1) is 0 Å². The zero-order valence-electron chi connectivity index (χ0n) is 9.58. The average molecular weight is 251 g/mol. The minimum Gasteiger partial charge on any atom is -0.330 e. The number of piperazine rings is 1. The van der Waals surface area contributed by atoms with E-state index < -0.39 is 0 Å². The Morgan fingerprint density at radius 1 is 1.41 bits per heavy atom. The van der Waals surface area contributed by atoms with Gasteiger partial charge in [0.05, 0.1) is 5.54 Å². The number of nitrogens with zero attached hydrogens (tertiary/aromatic N) is 1. The molecule has 0 aromatic heterocycles. The van der Waals surface area contributed by atoms with Gasteiger partial charge in [0.15, 0.2) is 0 Å². The van der Waals surface area contributed by atoms with E-state index in [4.69, 9.17) is 11.6 Å². The van der Waals surface area contributed by atoms with Crippen molar-refractivity contribution >= 4 is 17.5 Å². The number of rotatable bonds is 1. The van der Waals surface area contributed by atoms with Gasteiger partial charge in [0, 0.05) is 30.2 Å². The van der Waals surface area contributed by atoms with Crippen molar-refractivity contribution in [3.63, 3.8) is 0 Å². The number of hydrogen-bond donors (Lipinski definition) is 1. The molecule has 1 heterocycles. The second kappa shape index (κ2) is 4.00. The van der Waals surface area contributed by atoms with Gasteiger partial charge in [-0.3, -0.25) is 4.79 Å². The van der Waals surface area contributed by atoms with Crippen molar-refractivity contribution in [1.82, 2.24) is 10.2 Å². The minimum atomic E-state index is 0.0949. The van der Waals surface area contributed by atoms with Gasteiger partial charge >= 0.3 is 0 Å². The van der Waals surface area contributed by atoms with Crippen molar-refractivity contribution in [1.29, 1.82) is 0 Å². The van der Waals surface area contributed by atoms with Crippen molar-refractivity contribution in [3.8, 4) is 0 Å². The minimum absolute atomic E-state index is 0.0949. The lowest BCUT2D eigenvalue weighted by atomic mass is 10.1. The lowest BCUT2D eigenvalue weighted by Crippen LogP contribution is -2.55. The first-order valence-corrected chi connectivity index (χ1v) is 6.37. The van der Waals surface area contributed by atoms with Gasteiger partial charge in [-0.2, -0.15) is 0 Å². The van der Waals surface area contributed by atoms with E-state index in [9.17, 15) is 4.79 Å². The molecule has 3 rings (SSSR count). The van der Waals surface area contributed by atoms with E-state index in [1.54, 1.807) is 12.1 Å². The van der Waals surface area contributed by atoms with Crippen LogP contribution in [0.15, 0.2) is 24.3 Å². The Morgan fingerprint density at radius 2 is 2.24 bits per heavy atom. The smallest absolute Gasteiger partial charge is 0.254 e. The summed E-state index contributed by atoms with van der Waals surface area (Å²) < 4.78 is 0. The maximum atomic E-state index is 12.4. The lowest BCUT2D eigenvalue weighted by molar-refractivity contribution is 0.0600. The molecule has 1 amide bonds. The SMILES string of the molecule is O=C(c1cccc(Cl)c1)N1CCNCC12CC2. The van der Waals surface area contributed by atoms with E-state index in [0.29, 0.717) is 10.6 Å². The predicted octanol–water partition coefficient (Wildman–Crippen LogP) is 1.92. The summed E-state index contributed by atoms with van der Waals surface area (Å²) in [5.74, 6) is 0.117. The van der Waals surface area contributed by atoms with Crippen molar-refractivity contribution in [2.24, 2.45) is 0 Å². The van der Waals surface area contributed by atoms with E-state index >= 15 is 0 Å². The summed E-state index contributed by atoms with van der Waals surface area (Å²) >= 11 is 5.93. The highest BCUT2D eigenvalue weighted by molar-refractivity contribution is 6.30. The molecule has 1 aromatic rings. The molecule has 1 aromatic carbocycles. The van der Waals surface area contributed by atoms with E-state index in [1.165, 1.54) is 0 Å². The van der Waals surface area contributed by atoms with E-state index in [1.807, 2.05) is 17.0 Å². The Morgan fingerprint density at radius 3 is 2.94 bits per heavy atom. The third kappa shape index (κ3) is 1.94. The molecule has 4 heteroatoms. The maximum absolute atomic E-state index is 12.4. The van der Waals surface area contributed by atoms with Gasteiger partial charge in [-0.05, 0) is 31.0 Å².